The lowest BCUT2D eigenvalue weighted by Gasteiger charge is -2.32. The largest absolute Gasteiger partial charge is 0.339 e. The van der Waals surface area contributed by atoms with Crippen molar-refractivity contribution in [3.8, 4) is 0 Å². The smallest absolute Gasteiger partial charge is 0.257 e. The minimum absolute atomic E-state index is 0. The van der Waals surface area contributed by atoms with Gasteiger partial charge in [-0.3, -0.25) is 9.48 Å². The fourth-order valence-corrected chi connectivity index (χ4v) is 3.41. The van der Waals surface area contributed by atoms with Crippen molar-refractivity contribution in [2.75, 3.05) is 26.7 Å². The van der Waals surface area contributed by atoms with Crippen molar-refractivity contribution in [2.24, 2.45) is 5.92 Å². The lowest BCUT2D eigenvalue weighted by atomic mass is 9.93. The van der Waals surface area contributed by atoms with Gasteiger partial charge in [0.1, 0.15) is 0 Å². The Hall–Kier alpha value is -1.07. The number of carbonyl (C=O) groups excluding carboxylic acids is 1. The van der Waals surface area contributed by atoms with Crippen LogP contribution in [0.4, 0.5) is 0 Å². The van der Waals surface area contributed by atoms with Crippen LogP contribution in [-0.2, 0) is 12.0 Å². The maximum Gasteiger partial charge on any atom is 0.257 e. The second kappa shape index (κ2) is 8.86. The van der Waals surface area contributed by atoms with Crippen LogP contribution < -0.4 is 5.32 Å². The van der Waals surface area contributed by atoms with E-state index in [0.717, 1.165) is 56.1 Å². The normalized spacial score (nSPS) is 16.1. The van der Waals surface area contributed by atoms with E-state index in [0.29, 0.717) is 0 Å². The van der Waals surface area contributed by atoms with Crippen LogP contribution in [0.25, 0.3) is 0 Å². The first-order valence-corrected chi connectivity index (χ1v) is 8.89. The van der Waals surface area contributed by atoms with E-state index in [-0.39, 0.29) is 23.9 Å². The van der Waals surface area contributed by atoms with Gasteiger partial charge in [-0.1, -0.05) is 6.92 Å². The van der Waals surface area contributed by atoms with Crippen molar-refractivity contribution in [3.63, 3.8) is 0 Å². The molecule has 0 atom stereocenters. The van der Waals surface area contributed by atoms with E-state index in [1.54, 1.807) is 6.20 Å². The topological polar surface area (TPSA) is 50.2 Å². The standard InChI is InChI=1S/C18H32N4O.ClH/c1-6-16-15(13-20-22(16)18(2,3)4)17(23)21-11-8-14(9-12-21)7-10-19-5;/h13-14,19H,6-12H2,1-5H3;1H. The van der Waals surface area contributed by atoms with Crippen molar-refractivity contribution in [1.82, 2.24) is 20.0 Å². The number of halogens is 1. The molecule has 0 aliphatic carbocycles. The van der Waals surface area contributed by atoms with Gasteiger partial charge in [-0.2, -0.15) is 5.10 Å². The molecule has 6 heteroatoms. The molecule has 0 aromatic carbocycles. The predicted molar refractivity (Wildman–Crippen MR) is 101 cm³/mol. The molecule has 0 radical (unpaired) electrons. The van der Waals surface area contributed by atoms with Crippen molar-refractivity contribution in [3.05, 3.63) is 17.5 Å². The molecule has 1 aromatic heterocycles. The molecule has 0 saturated carbocycles. The molecule has 1 aromatic rings. The van der Waals surface area contributed by atoms with Gasteiger partial charge >= 0.3 is 0 Å². The van der Waals surface area contributed by atoms with E-state index >= 15 is 0 Å². The summed E-state index contributed by atoms with van der Waals surface area (Å²) in [5.41, 5.74) is 1.75. The summed E-state index contributed by atoms with van der Waals surface area (Å²) in [6, 6.07) is 0. The van der Waals surface area contributed by atoms with Crippen molar-refractivity contribution < 1.29 is 4.79 Å². The van der Waals surface area contributed by atoms with Crippen molar-refractivity contribution >= 4 is 18.3 Å². The Labute approximate surface area is 152 Å². The number of carbonyl (C=O) groups is 1. The quantitative estimate of drug-likeness (QED) is 0.882. The average Bonchev–Trinajstić information content (AvgIpc) is 2.96. The maximum absolute atomic E-state index is 12.9. The highest BCUT2D eigenvalue weighted by Crippen LogP contribution is 2.24. The summed E-state index contributed by atoms with van der Waals surface area (Å²) in [4.78, 5) is 14.9. The molecule has 1 saturated heterocycles. The first-order valence-electron chi connectivity index (χ1n) is 8.89. The Morgan fingerprint density at radius 1 is 1.33 bits per heavy atom. The van der Waals surface area contributed by atoms with Gasteiger partial charge in [0.2, 0.25) is 0 Å². The van der Waals surface area contributed by atoms with Gasteiger partial charge in [0.15, 0.2) is 0 Å². The summed E-state index contributed by atoms with van der Waals surface area (Å²) < 4.78 is 2.00. The Bertz CT molecular complexity index is 528. The second-order valence-corrected chi connectivity index (χ2v) is 7.57. The monoisotopic (exact) mass is 356 g/mol. The lowest BCUT2D eigenvalue weighted by molar-refractivity contribution is 0.0685. The van der Waals surface area contributed by atoms with Gasteiger partial charge in [-0.05, 0) is 66.0 Å². The molecule has 0 bridgehead atoms. The van der Waals surface area contributed by atoms with Crippen LogP contribution in [0.3, 0.4) is 0 Å². The lowest BCUT2D eigenvalue weighted by Crippen LogP contribution is -2.39. The number of aromatic nitrogens is 2. The molecule has 1 N–H and O–H groups in total. The summed E-state index contributed by atoms with van der Waals surface area (Å²) in [7, 11) is 2.00. The van der Waals surface area contributed by atoms with E-state index in [1.807, 2.05) is 16.6 Å². The molecular weight excluding hydrogens is 324 g/mol. The molecule has 5 nitrogen and oxygen atoms in total. The molecule has 1 amide bonds. The number of rotatable bonds is 5. The summed E-state index contributed by atoms with van der Waals surface area (Å²) >= 11 is 0. The van der Waals surface area contributed by atoms with Crippen LogP contribution in [0.1, 0.15) is 63.0 Å². The van der Waals surface area contributed by atoms with Crippen molar-refractivity contribution in [2.45, 2.75) is 58.9 Å². The number of likely N-dealkylation sites (tertiary alicyclic amines) is 1. The third kappa shape index (κ3) is 4.73. The maximum atomic E-state index is 12.9. The number of hydrogen-bond donors (Lipinski definition) is 1. The van der Waals surface area contributed by atoms with Crippen molar-refractivity contribution in [1.29, 1.82) is 0 Å². The molecule has 1 aliphatic rings. The van der Waals surface area contributed by atoms with Crippen LogP contribution >= 0.6 is 12.4 Å². The first-order chi connectivity index (χ1) is 10.9. The summed E-state index contributed by atoms with van der Waals surface area (Å²) in [5, 5.41) is 7.71. The van der Waals surface area contributed by atoms with E-state index in [4.69, 9.17) is 0 Å². The van der Waals surface area contributed by atoms with Gasteiger partial charge < -0.3 is 10.2 Å². The molecular formula is C18H33ClN4O. The molecule has 1 aliphatic heterocycles. The molecule has 0 spiro atoms. The average molecular weight is 357 g/mol. The molecule has 1 fully saturated rings. The van der Waals surface area contributed by atoms with Gasteiger partial charge in [-0.15, -0.1) is 12.4 Å². The Morgan fingerprint density at radius 3 is 2.46 bits per heavy atom. The van der Waals surface area contributed by atoms with Crippen LogP contribution in [0.5, 0.6) is 0 Å². The highest BCUT2D eigenvalue weighted by molar-refractivity contribution is 5.95. The molecule has 24 heavy (non-hydrogen) atoms. The minimum atomic E-state index is -0.0932. The SMILES string of the molecule is CCc1c(C(=O)N2CCC(CCNC)CC2)cnn1C(C)(C)C.Cl. The van der Waals surface area contributed by atoms with Gasteiger partial charge in [0.25, 0.3) is 5.91 Å². The first kappa shape index (κ1) is 21.0. The molecule has 2 heterocycles. The zero-order chi connectivity index (χ0) is 17.0. The Kier molecular flexibility index (Phi) is 7.74. The Morgan fingerprint density at radius 2 is 1.96 bits per heavy atom. The zero-order valence-electron chi connectivity index (χ0n) is 15.8. The number of amides is 1. The van der Waals surface area contributed by atoms with Gasteiger partial charge in [0.05, 0.1) is 23.0 Å². The number of nitrogens with zero attached hydrogens (tertiary/aromatic N) is 3. The van der Waals surface area contributed by atoms with E-state index in [2.05, 4.69) is 38.1 Å². The van der Waals surface area contributed by atoms with E-state index in [1.165, 1.54) is 6.42 Å². The summed E-state index contributed by atoms with van der Waals surface area (Å²) in [5.74, 6) is 0.902. The third-order valence-corrected chi connectivity index (χ3v) is 4.77. The number of nitrogens with one attached hydrogen (secondary N) is 1. The predicted octanol–water partition coefficient (Wildman–Crippen LogP) is 3.08. The second-order valence-electron chi connectivity index (χ2n) is 7.57. The Balaban J connectivity index is 0.00000288. The number of hydrogen-bond acceptors (Lipinski definition) is 3. The zero-order valence-corrected chi connectivity index (χ0v) is 16.6. The summed E-state index contributed by atoms with van der Waals surface area (Å²) in [6.07, 6.45) is 6.03. The van der Waals surface area contributed by atoms with Crippen LogP contribution in [0.15, 0.2) is 6.20 Å². The van der Waals surface area contributed by atoms with E-state index in [9.17, 15) is 4.79 Å². The fourth-order valence-electron chi connectivity index (χ4n) is 3.41. The van der Waals surface area contributed by atoms with Gasteiger partial charge in [-0.25, -0.2) is 0 Å². The van der Waals surface area contributed by atoms with Gasteiger partial charge in [0, 0.05) is 13.1 Å². The summed E-state index contributed by atoms with van der Waals surface area (Å²) in [6.45, 7) is 11.3. The molecule has 138 valence electrons. The molecule has 0 unspecified atom stereocenters. The minimum Gasteiger partial charge on any atom is -0.339 e. The fraction of sp³-hybridized carbons (Fsp3) is 0.778. The van der Waals surface area contributed by atoms with Crippen LogP contribution in [0.2, 0.25) is 0 Å². The van der Waals surface area contributed by atoms with Crippen LogP contribution in [-0.4, -0.2) is 47.3 Å². The molecule has 2 rings (SSSR count). The highest BCUT2D eigenvalue weighted by atomic mass is 35.5. The number of piperidine rings is 1. The van der Waals surface area contributed by atoms with Crippen LogP contribution in [0, 0.1) is 5.92 Å². The van der Waals surface area contributed by atoms with E-state index < -0.39 is 0 Å². The highest BCUT2D eigenvalue weighted by Gasteiger charge is 2.28. The third-order valence-electron chi connectivity index (χ3n) is 4.77.